The smallest absolute Gasteiger partial charge is 0.258 e. The first kappa shape index (κ1) is 25.2. The highest BCUT2D eigenvalue weighted by molar-refractivity contribution is 6.30. The quantitative estimate of drug-likeness (QED) is 0.411. The van der Waals surface area contributed by atoms with Crippen LogP contribution in [0.3, 0.4) is 0 Å². The van der Waals surface area contributed by atoms with Gasteiger partial charge in [-0.1, -0.05) is 6.07 Å². The first-order valence-electron chi connectivity index (χ1n) is 12.2. The highest BCUT2D eigenvalue weighted by atomic mass is 16.5. The molecule has 0 aliphatic carbocycles. The van der Waals surface area contributed by atoms with Crippen molar-refractivity contribution in [1.29, 1.82) is 0 Å². The fourth-order valence-electron chi connectivity index (χ4n) is 4.40. The van der Waals surface area contributed by atoms with Crippen molar-refractivity contribution in [2.24, 2.45) is 0 Å². The Morgan fingerprint density at radius 1 is 0.390 bits per heavy atom. The predicted octanol–water partition coefficient (Wildman–Crippen LogP) is 3.56. The second kappa shape index (κ2) is 9.89. The van der Waals surface area contributed by atoms with Crippen LogP contribution >= 0.6 is 0 Å². The molecule has 3 heterocycles. The summed E-state index contributed by atoms with van der Waals surface area (Å²) in [6, 6.07) is 16.9. The van der Waals surface area contributed by atoms with Gasteiger partial charge >= 0.3 is 0 Å². The first-order valence-corrected chi connectivity index (χ1v) is 12.2. The van der Waals surface area contributed by atoms with Gasteiger partial charge in [0.1, 0.15) is 17.2 Å². The van der Waals surface area contributed by atoms with Gasteiger partial charge in [-0.3, -0.25) is 28.8 Å². The molecular formula is C30H17N3O8. The van der Waals surface area contributed by atoms with E-state index in [1.54, 1.807) is 18.2 Å². The summed E-state index contributed by atoms with van der Waals surface area (Å²) >= 11 is 0. The number of para-hydroxylation sites is 1. The van der Waals surface area contributed by atoms with E-state index >= 15 is 0 Å². The van der Waals surface area contributed by atoms with Crippen molar-refractivity contribution < 1.29 is 38.2 Å². The second-order valence-corrected chi connectivity index (χ2v) is 8.83. The van der Waals surface area contributed by atoms with E-state index in [1.165, 1.54) is 72.8 Å². The standard InChI is InChI=1S/C30H17N3O8/c34-24-12-13-25(35)31(24)18-4-8-20(9-5-18)40-22-2-1-3-23(30(22)33-28(38)16-17-29(33)39)41-21-10-6-19(7-11-21)32-26(36)14-15-27(32)37/h1-17H. The monoisotopic (exact) mass is 547 g/mol. The molecule has 6 amide bonds. The lowest BCUT2D eigenvalue weighted by atomic mass is 10.2. The Balaban J connectivity index is 1.30. The Bertz CT molecular complexity index is 1590. The maximum Gasteiger partial charge on any atom is 0.258 e. The minimum Gasteiger partial charge on any atom is -0.455 e. The SMILES string of the molecule is O=C1C=CC(=O)N1c1ccc(Oc2cccc(Oc3ccc(N4C(=O)C=CC4=O)cc3)c2N2C(=O)C=CC2=O)cc1. The normalized spacial score (nSPS) is 16.1. The molecule has 0 aromatic heterocycles. The molecule has 6 rings (SSSR count). The molecule has 3 aromatic rings. The average molecular weight is 547 g/mol. The number of carbonyl (C=O) groups is 6. The topological polar surface area (TPSA) is 131 Å². The molecule has 0 fully saturated rings. The van der Waals surface area contributed by atoms with Crippen LogP contribution in [0.1, 0.15) is 0 Å². The van der Waals surface area contributed by atoms with Gasteiger partial charge in [-0.25, -0.2) is 14.7 Å². The Morgan fingerprint density at radius 3 is 1.05 bits per heavy atom. The van der Waals surface area contributed by atoms with E-state index in [9.17, 15) is 28.8 Å². The van der Waals surface area contributed by atoms with E-state index in [0.29, 0.717) is 22.9 Å². The molecule has 41 heavy (non-hydrogen) atoms. The van der Waals surface area contributed by atoms with E-state index in [0.717, 1.165) is 26.9 Å². The largest absolute Gasteiger partial charge is 0.455 e. The van der Waals surface area contributed by atoms with Crippen molar-refractivity contribution in [3.8, 4) is 23.0 Å². The number of amides is 6. The van der Waals surface area contributed by atoms with Crippen LogP contribution < -0.4 is 24.2 Å². The van der Waals surface area contributed by atoms with Crippen LogP contribution in [0.4, 0.5) is 17.1 Å². The highest BCUT2D eigenvalue weighted by Crippen LogP contribution is 2.43. The van der Waals surface area contributed by atoms with E-state index in [4.69, 9.17) is 9.47 Å². The number of imide groups is 3. The van der Waals surface area contributed by atoms with Gasteiger partial charge in [0.25, 0.3) is 35.4 Å². The Kier molecular flexibility index (Phi) is 6.08. The number of nitrogens with zero attached hydrogens (tertiary/aromatic N) is 3. The number of hydrogen-bond donors (Lipinski definition) is 0. The van der Waals surface area contributed by atoms with Crippen molar-refractivity contribution in [1.82, 2.24) is 0 Å². The summed E-state index contributed by atoms with van der Waals surface area (Å²) in [6.45, 7) is 0. The Labute approximate surface area is 231 Å². The third-order valence-corrected chi connectivity index (χ3v) is 6.26. The molecule has 11 nitrogen and oxygen atoms in total. The van der Waals surface area contributed by atoms with Crippen LogP contribution in [0, 0.1) is 0 Å². The molecular weight excluding hydrogens is 530 g/mol. The number of hydrogen-bond acceptors (Lipinski definition) is 8. The highest BCUT2D eigenvalue weighted by Gasteiger charge is 2.32. The number of anilines is 3. The third kappa shape index (κ3) is 4.57. The molecule has 0 saturated carbocycles. The third-order valence-electron chi connectivity index (χ3n) is 6.26. The molecule has 0 bridgehead atoms. The average Bonchev–Trinajstić information content (AvgIpc) is 3.60. The number of benzene rings is 3. The molecule has 0 radical (unpaired) electrons. The zero-order valence-electron chi connectivity index (χ0n) is 20.9. The number of carbonyl (C=O) groups excluding carboxylic acids is 6. The molecule has 0 spiro atoms. The van der Waals surface area contributed by atoms with Gasteiger partial charge in [-0.15, -0.1) is 0 Å². The molecule has 200 valence electrons. The van der Waals surface area contributed by atoms with Gasteiger partial charge in [0, 0.05) is 36.5 Å². The van der Waals surface area contributed by atoms with E-state index in [2.05, 4.69) is 0 Å². The molecule has 3 aliphatic rings. The fourth-order valence-corrected chi connectivity index (χ4v) is 4.40. The maximum atomic E-state index is 12.7. The van der Waals surface area contributed by atoms with Gasteiger partial charge in [-0.2, -0.15) is 0 Å². The summed E-state index contributed by atoms with van der Waals surface area (Å²) in [5.74, 6) is -2.21. The van der Waals surface area contributed by atoms with E-state index in [-0.39, 0.29) is 17.2 Å². The molecule has 0 unspecified atom stereocenters. The van der Waals surface area contributed by atoms with Gasteiger partial charge in [0.2, 0.25) is 0 Å². The number of rotatable bonds is 7. The van der Waals surface area contributed by atoms with Gasteiger partial charge in [-0.05, 0) is 60.7 Å². The fraction of sp³-hybridized carbons (Fsp3) is 0. The zero-order chi connectivity index (χ0) is 28.7. The number of ether oxygens (including phenoxy) is 2. The molecule has 11 heteroatoms. The summed E-state index contributed by atoms with van der Waals surface area (Å²) in [5.41, 5.74) is 0.740. The molecule has 0 saturated heterocycles. The van der Waals surface area contributed by atoms with Crippen molar-refractivity contribution in [2.75, 3.05) is 14.7 Å². The van der Waals surface area contributed by atoms with Gasteiger partial charge in [0.05, 0.1) is 11.4 Å². The van der Waals surface area contributed by atoms with Crippen molar-refractivity contribution >= 4 is 52.5 Å². The lowest BCUT2D eigenvalue weighted by Crippen LogP contribution is -2.30. The lowest BCUT2D eigenvalue weighted by molar-refractivity contribution is -0.121. The first-order chi connectivity index (χ1) is 19.8. The van der Waals surface area contributed by atoms with Gasteiger partial charge in [0.15, 0.2) is 11.5 Å². The maximum absolute atomic E-state index is 12.7. The van der Waals surface area contributed by atoms with E-state index < -0.39 is 35.4 Å². The van der Waals surface area contributed by atoms with Crippen molar-refractivity contribution in [2.45, 2.75) is 0 Å². The molecule has 0 atom stereocenters. The van der Waals surface area contributed by atoms with Crippen LogP contribution in [-0.4, -0.2) is 35.4 Å². The Morgan fingerprint density at radius 2 is 0.707 bits per heavy atom. The minimum absolute atomic E-state index is 0.0452. The molecule has 3 aromatic carbocycles. The zero-order valence-corrected chi connectivity index (χ0v) is 20.9. The molecule has 0 N–H and O–H groups in total. The van der Waals surface area contributed by atoms with Crippen LogP contribution in [0.15, 0.2) is 103 Å². The van der Waals surface area contributed by atoms with Crippen LogP contribution in [0.2, 0.25) is 0 Å². The van der Waals surface area contributed by atoms with Crippen LogP contribution in [0.5, 0.6) is 23.0 Å². The van der Waals surface area contributed by atoms with Crippen molar-refractivity contribution in [3.05, 3.63) is 103 Å². The summed E-state index contributed by atoms with van der Waals surface area (Å²) < 4.78 is 12.1. The summed E-state index contributed by atoms with van der Waals surface area (Å²) in [6.07, 6.45) is 6.97. The summed E-state index contributed by atoms with van der Waals surface area (Å²) in [7, 11) is 0. The van der Waals surface area contributed by atoms with Crippen molar-refractivity contribution in [3.63, 3.8) is 0 Å². The van der Waals surface area contributed by atoms with Crippen LogP contribution in [-0.2, 0) is 28.8 Å². The van der Waals surface area contributed by atoms with Crippen LogP contribution in [0.25, 0.3) is 0 Å². The molecule has 3 aliphatic heterocycles. The lowest BCUT2D eigenvalue weighted by Gasteiger charge is -2.22. The summed E-state index contributed by atoms with van der Waals surface area (Å²) in [5, 5.41) is 0. The van der Waals surface area contributed by atoms with E-state index in [1.807, 2.05) is 0 Å². The predicted molar refractivity (Wildman–Crippen MR) is 144 cm³/mol. The second-order valence-electron chi connectivity index (χ2n) is 8.83. The Hall–Kier alpha value is -6.10. The van der Waals surface area contributed by atoms with Gasteiger partial charge < -0.3 is 9.47 Å². The minimum atomic E-state index is -0.598. The summed E-state index contributed by atoms with van der Waals surface area (Å²) in [4.78, 5) is 76.2.